The fourth-order valence-corrected chi connectivity index (χ4v) is 2.59. The van der Waals surface area contributed by atoms with Gasteiger partial charge in [-0.15, -0.1) is 0 Å². The Balaban J connectivity index is 1.87. The molecule has 0 radical (unpaired) electrons. The quantitative estimate of drug-likeness (QED) is 0.796. The molecule has 16 heavy (non-hydrogen) atoms. The summed E-state index contributed by atoms with van der Waals surface area (Å²) in [5.41, 5.74) is 3.02. The molecule has 0 amide bonds. The summed E-state index contributed by atoms with van der Waals surface area (Å²) in [5, 5.41) is 3.51. The molecule has 0 aliphatic heterocycles. The van der Waals surface area contributed by atoms with Gasteiger partial charge in [0.1, 0.15) is 0 Å². The first-order valence-corrected chi connectivity index (χ1v) is 6.65. The Bertz CT molecular complexity index is 309. The smallest absolute Gasteiger partial charge is 0.00786 e. The van der Waals surface area contributed by atoms with E-state index in [2.05, 4.69) is 43.4 Å². The second-order valence-electron chi connectivity index (χ2n) is 4.91. The van der Waals surface area contributed by atoms with E-state index in [1.807, 2.05) is 0 Å². The molecule has 0 unspecified atom stereocenters. The van der Waals surface area contributed by atoms with Gasteiger partial charge < -0.3 is 5.32 Å². The van der Waals surface area contributed by atoms with Crippen molar-refractivity contribution in [1.82, 2.24) is 5.32 Å². The Morgan fingerprint density at radius 3 is 2.38 bits per heavy atom. The van der Waals surface area contributed by atoms with Crippen molar-refractivity contribution in [3.8, 4) is 0 Å². The predicted molar refractivity (Wildman–Crippen MR) is 69.9 cm³/mol. The van der Waals surface area contributed by atoms with Crippen molar-refractivity contribution in [2.45, 2.75) is 51.5 Å². The van der Waals surface area contributed by atoms with E-state index < -0.39 is 0 Å². The zero-order chi connectivity index (χ0) is 11.4. The van der Waals surface area contributed by atoms with Gasteiger partial charge in [0.25, 0.3) is 0 Å². The summed E-state index contributed by atoms with van der Waals surface area (Å²) in [7, 11) is 0. The third kappa shape index (κ3) is 2.65. The van der Waals surface area contributed by atoms with Crippen LogP contribution in [0.5, 0.6) is 0 Å². The van der Waals surface area contributed by atoms with Crippen LogP contribution >= 0.6 is 0 Å². The highest BCUT2D eigenvalue weighted by Crippen LogP contribution is 2.36. The van der Waals surface area contributed by atoms with Crippen molar-refractivity contribution >= 4 is 0 Å². The maximum atomic E-state index is 3.51. The topological polar surface area (TPSA) is 12.0 Å². The molecule has 1 aliphatic rings. The standard InChI is InChI=1S/C15H23N/c1-3-5-12-6-8-13(9-7-12)14-10-15(11-14)16-4-2/h6-9,14-16H,3-5,10-11H2,1-2H3. The van der Waals surface area contributed by atoms with Crippen LogP contribution in [-0.4, -0.2) is 12.6 Å². The third-order valence-corrected chi connectivity index (χ3v) is 3.62. The van der Waals surface area contributed by atoms with Crippen LogP contribution in [0.25, 0.3) is 0 Å². The molecule has 0 heterocycles. The summed E-state index contributed by atoms with van der Waals surface area (Å²) in [4.78, 5) is 0. The fourth-order valence-electron chi connectivity index (χ4n) is 2.59. The fraction of sp³-hybridized carbons (Fsp3) is 0.600. The first-order chi connectivity index (χ1) is 7.83. The summed E-state index contributed by atoms with van der Waals surface area (Å²) < 4.78 is 0. The molecule has 1 saturated carbocycles. The maximum absolute atomic E-state index is 3.51. The zero-order valence-corrected chi connectivity index (χ0v) is 10.5. The minimum Gasteiger partial charge on any atom is -0.314 e. The van der Waals surface area contributed by atoms with Crippen molar-refractivity contribution in [3.63, 3.8) is 0 Å². The number of rotatable bonds is 5. The van der Waals surface area contributed by atoms with Crippen LogP contribution in [0.3, 0.4) is 0 Å². The van der Waals surface area contributed by atoms with E-state index in [9.17, 15) is 0 Å². The number of nitrogens with one attached hydrogen (secondary N) is 1. The van der Waals surface area contributed by atoms with Crippen LogP contribution in [0.2, 0.25) is 0 Å². The molecule has 1 aromatic carbocycles. The number of hydrogen-bond donors (Lipinski definition) is 1. The van der Waals surface area contributed by atoms with E-state index >= 15 is 0 Å². The molecule has 0 atom stereocenters. The summed E-state index contributed by atoms with van der Waals surface area (Å²) in [6, 6.07) is 10.0. The number of aryl methyl sites for hydroxylation is 1. The molecular weight excluding hydrogens is 194 g/mol. The van der Waals surface area contributed by atoms with Gasteiger partial charge >= 0.3 is 0 Å². The molecule has 0 bridgehead atoms. The normalized spacial score (nSPS) is 24.1. The second kappa shape index (κ2) is 5.49. The Hall–Kier alpha value is -0.820. The molecule has 1 fully saturated rings. The SMILES string of the molecule is CCCc1ccc(C2CC(NCC)C2)cc1. The van der Waals surface area contributed by atoms with E-state index in [-0.39, 0.29) is 0 Å². The lowest BCUT2D eigenvalue weighted by Crippen LogP contribution is -2.39. The highest BCUT2D eigenvalue weighted by molar-refractivity contribution is 5.27. The van der Waals surface area contributed by atoms with Gasteiger partial charge in [0.15, 0.2) is 0 Å². The second-order valence-corrected chi connectivity index (χ2v) is 4.91. The highest BCUT2D eigenvalue weighted by atomic mass is 14.9. The number of hydrogen-bond acceptors (Lipinski definition) is 1. The van der Waals surface area contributed by atoms with E-state index in [1.165, 1.54) is 36.8 Å². The highest BCUT2D eigenvalue weighted by Gasteiger charge is 2.29. The lowest BCUT2D eigenvalue weighted by Gasteiger charge is -2.36. The van der Waals surface area contributed by atoms with Crippen LogP contribution in [-0.2, 0) is 6.42 Å². The maximum Gasteiger partial charge on any atom is 0.00786 e. The van der Waals surface area contributed by atoms with Crippen molar-refractivity contribution in [2.24, 2.45) is 0 Å². The molecule has 0 aromatic heterocycles. The van der Waals surface area contributed by atoms with Gasteiger partial charge in [-0.2, -0.15) is 0 Å². The van der Waals surface area contributed by atoms with Gasteiger partial charge in [0.05, 0.1) is 0 Å². The first kappa shape index (κ1) is 11.7. The molecule has 1 aromatic rings. The van der Waals surface area contributed by atoms with Crippen LogP contribution < -0.4 is 5.32 Å². The average molecular weight is 217 g/mol. The third-order valence-electron chi connectivity index (χ3n) is 3.62. The van der Waals surface area contributed by atoms with Gasteiger partial charge in [-0.25, -0.2) is 0 Å². The zero-order valence-electron chi connectivity index (χ0n) is 10.5. The molecule has 0 spiro atoms. The lowest BCUT2D eigenvalue weighted by molar-refractivity contribution is 0.296. The van der Waals surface area contributed by atoms with Crippen LogP contribution in [0.15, 0.2) is 24.3 Å². The summed E-state index contributed by atoms with van der Waals surface area (Å²) in [5.74, 6) is 0.805. The van der Waals surface area contributed by atoms with Crippen LogP contribution in [0, 0.1) is 0 Å². The molecule has 88 valence electrons. The molecule has 1 heteroatoms. The van der Waals surface area contributed by atoms with Gasteiger partial charge in [0, 0.05) is 6.04 Å². The van der Waals surface area contributed by atoms with Crippen molar-refractivity contribution in [3.05, 3.63) is 35.4 Å². The van der Waals surface area contributed by atoms with Crippen LogP contribution in [0.4, 0.5) is 0 Å². The molecular formula is C15H23N. The minimum absolute atomic E-state index is 0.769. The molecule has 2 rings (SSSR count). The Kier molecular flexibility index (Phi) is 4.00. The van der Waals surface area contributed by atoms with Crippen LogP contribution in [0.1, 0.15) is 50.2 Å². The Morgan fingerprint density at radius 1 is 1.12 bits per heavy atom. The van der Waals surface area contributed by atoms with Gasteiger partial charge in [-0.3, -0.25) is 0 Å². The van der Waals surface area contributed by atoms with E-state index in [0.717, 1.165) is 18.5 Å². The van der Waals surface area contributed by atoms with Gasteiger partial charge in [0.2, 0.25) is 0 Å². The summed E-state index contributed by atoms with van der Waals surface area (Å²) >= 11 is 0. The van der Waals surface area contributed by atoms with Gasteiger partial charge in [-0.1, -0.05) is 44.5 Å². The van der Waals surface area contributed by atoms with E-state index in [4.69, 9.17) is 0 Å². The largest absolute Gasteiger partial charge is 0.314 e. The Labute approximate surface area is 99.3 Å². The van der Waals surface area contributed by atoms with Gasteiger partial charge in [-0.05, 0) is 42.9 Å². The summed E-state index contributed by atoms with van der Waals surface area (Å²) in [6.45, 7) is 5.53. The van der Waals surface area contributed by atoms with E-state index in [0.29, 0.717) is 0 Å². The average Bonchev–Trinajstić information content (AvgIpc) is 2.25. The van der Waals surface area contributed by atoms with E-state index in [1.54, 1.807) is 0 Å². The minimum atomic E-state index is 0.769. The molecule has 0 saturated heterocycles. The number of benzene rings is 1. The molecule has 1 aliphatic carbocycles. The van der Waals surface area contributed by atoms with Crippen molar-refractivity contribution in [1.29, 1.82) is 0 Å². The Morgan fingerprint density at radius 2 is 1.81 bits per heavy atom. The van der Waals surface area contributed by atoms with Crippen molar-refractivity contribution in [2.75, 3.05) is 6.54 Å². The summed E-state index contributed by atoms with van der Waals surface area (Å²) in [6.07, 6.45) is 5.10. The molecule has 1 nitrogen and oxygen atoms in total. The first-order valence-electron chi connectivity index (χ1n) is 6.65. The van der Waals surface area contributed by atoms with Crippen molar-refractivity contribution < 1.29 is 0 Å². The lowest BCUT2D eigenvalue weighted by atomic mass is 9.75. The monoisotopic (exact) mass is 217 g/mol. The predicted octanol–water partition coefficient (Wildman–Crippen LogP) is 3.49. The molecule has 1 N–H and O–H groups in total.